The third kappa shape index (κ3) is 8.24. The average molecular weight is 250 g/mol. The number of hydrogen-bond acceptors (Lipinski definition) is 4. The van der Waals surface area contributed by atoms with Crippen LogP contribution in [0.5, 0.6) is 0 Å². The third-order valence-corrected chi connectivity index (χ3v) is 5.42. The molecule has 0 aliphatic carbocycles. The SMILES string of the molecule is CCC[Si](C)(OCC)OCC.OCC1CO1. The second kappa shape index (κ2) is 9.12. The van der Waals surface area contributed by atoms with Crippen molar-refractivity contribution >= 4 is 8.56 Å². The molecule has 1 unspecified atom stereocenters. The number of epoxide rings is 1. The van der Waals surface area contributed by atoms with Gasteiger partial charge in [-0.1, -0.05) is 13.3 Å². The molecule has 0 aromatic carbocycles. The maximum Gasteiger partial charge on any atom is 0.334 e. The molecule has 1 rings (SSSR count). The molecule has 16 heavy (non-hydrogen) atoms. The predicted octanol–water partition coefficient (Wildman–Crippen LogP) is 1.92. The summed E-state index contributed by atoms with van der Waals surface area (Å²) in [6.45, 7) is 10.9. The summed E-state index contributed by atoms with van der Waals surface area (Å²) in [6, 6.07) is 1.11. The highest BCUT2D eigenvalue weighted by Crippen LogP contribution is 2.14. The van der Waals surface area contributed by atoms with Crippen molar-refractivity contribution in [2.75, 3.05) is 26.4 Å². The lowest BCUT2D eigenvalue weighted by Crippen LogP contribution is -2.38. The molecule has 0 saturated carbocycles. The van der Waals surface area contributed by atoms with E-state index in [1.54, 1.807) is 0 Å². The van der Waals surface area contributed by atoms with Crippen LogP contribution in [-0.4, -0.2) is 46.2 Å². The Hall–Kier alpha value is 0.0569. The van der Waals surface area contributed by atoms with Crippen molar-refractivity contribution in [2.24, 2.45) is 0 Å². The highest BCUT2D eigenvalue weighted by atomic mass is 28.4. The van der Waals surface area contributed by atoms with Crippen molar-refractivity contribution in [1.29, 1.82) is 0 Å². The first-order valence-corrected chi connectivity index (χ1v) is 8.64. The molecule has 0 bridgehead atoms. The molecule has 1 fully saturated rings. The summed E-state index contributed by atoms with van der Waals surface area (Å²) in [5.41, 5.74) is 0. The summed E-state index contributed by atoms with van der Waals surface area (Å²) in [4.78, 5) is 0. The minimum atomic E-state index is -1.75. The zero-order valence-corrected chi connectivity index (χ0v) is 12.0. The van der Waals surface area contributed by atoms with E-state index in [0.717, 1.165) is 32.3 Å². The number of rotatable bonds is 7. The molecule has 1 aliphatic rings. The molecule has 4 nitrogen and oxygen atoms in total. The van der Waals surface area contributed by atoms with E-state index in [4.69, 9.17) is 14.0 Å². The zero-order chi connectivity index (χ0) is 12.4. The van der Waals surface area contributed by atoms with Gasteiger partial charge in [-0.15, -0.1) is 0 Å². The van der Waals surface area contributed by atoms with Crippen molar-refractivity contribution in [3.63, 3.8) is 0 Å². The second-order valence-corrected chi connectivity index (χ2v) is 7.23. The van der Waals surface area contributed by atoms with Crippen molar-refractivity contribution < 1.29 is 18.7 Å². The standard InChI is InChI=1S/C8H20O2Si.C3H6O2/c1-5-8-11(4,9-6-2)10-7-3;4-1-3-2-5-3/h5-8H2,1-4H3;3-4H,1-2H2. The van der Waals surface area contributed by atoms with Crippen molar-refractivity contribution in [3.8, 4) is 0 Å². The molecule has 0 radical (unpaired) electrons. The lowest BCUT2D eigenvalue weighted by Gasteiger charge is -2.25. The van der Waals surface area contributed by atoms with Crippen LogP contribution in [0.4, 0.5) is 0 Å². The number of hydrogen-bond donors (Lipinski definition) is 1. The summed E-state index contributed by atoms with van der Waals surface area (Å²) in [6.07, 6.45) is 1.35. The van der Waals surface area contributed by atoms with Crippen LogP contribution in [-0.2, 0) is 13.6 Å². The molecular weight excluding hydrogens is 224 g/mol. The van der Waals surface area contributed by atoms with E-state index < -0.39 is 8.56 Å². The molecule has 5 heteroatoms. The number of aliphatic hydroxyl groups is 1. The Morgan fingerprint density at radius 1 is 1.25 bits per heavy atom. The topological polar surface area (TPSA) is 51.2 Å². The van der Waals surface area contributed by atoms with Gasteiger partial charge in [-0.05, 0) is 26.4 Å². The fourth-order valence-electron chi connectivity index (χ4n) is 1.42. The summed E-state index contributed by atoms with van der Waals surface area (Å²) in [7, 11) is -1.75. The fraction of sp³-hybridized carbons (Fsp3) is 1.00. The van der Waals surface area contributed by atoms with Crippen LogP contribution in [0, 0.1) is 0 Å². The van der Waals surface area contributed by atoms with Gasteiger partial charge in [0, 0.05) is 13.2 Å². The Bertz CT molecular complexity index is 145. The van der Waals surface area contributed by atoms with Gasteiger partial charge in [0.25, 0.3) is 0 Å². The predicted molar refractivity (Wildman–Crippen MR) is 66.8 cm³/mol. The van der Waals surface area contributed by atoms with Crippen LogP contribution in [0.15, 0.2) is 0 Å². The van der Waals surface area contributed by atoms with Crippen LogP contribution in [0.3, 0.4) is 0 Å². The highest BCUT2D eigenvalue weighted by molar-refractivity contribution is 6.66. The maximum absolute atomic E-state index is 8.08. The smallest absolute Gasteiger partial charge is 0.334 e. The summed E-state index contributed by atoms with van der Waals surface area (Å²) < 4.78 is 15.9. The molecule has 0 spiro atoms. The molecule has 1 atom stereocenters. The van der Waals surface area contributed by atoms with E-state index in [1.807, 2.05) is 13.8 Å². The van der Waals surface area contributed by atoms with Crippen molar-refractivity contribution in [1.82, 2.24) is 0 Å². The first-order chi connectivity index (χ1) is 7.61. The summed E-state index contributed by atoms with van der Waals surface area (Å²) >= 11 is 0. The Morgan fingerprint density at radius 2 is 1.75 bits per heavy atom. The number of ether oxygens (including phenoxy) is 1. The number of aliphatic hydroxyl groups excluding tert-OH is 1. The lowest BCUT2D eigenvalue weighted by atomic mass is 10.5. The van der Waals surface area contributed by atoms with E-state index in [1.165, 1.54) is 0 Å². The first-order valence-electron chi connectivity index (χ1n) is 6.12. The highest BCUT2D eigenvalue weighted by Gasteiger charge is 2.28. The van der Waals surface area contributed by atoms with Crippen LogP contribution in [0.1, 0.15) is 27.2 Å². The van der Waals surface area contributed by atoms with Crippen molar-refractivity contribution in [2.45, 2.75) is 45.9 Å². The third-order valence-electron chi connectivity index (χ3n) is 2.21. The molecule has 0 amide bonds. The largest absolute Gasteiger partial charge is 0.395 e. The first kappa shape index (κ1) is 16.1. The lowest BCUT2D eigenvalue weighted by molar-refractivity contribution is 0.189. The Kier molecular flexibility index (Phi) is 9.16. The van der Waals surface area contributed by atoms with Crippen LogP contribution in [0.25, 0.3) is 0 Å². The zero-order valence-electron chi connectivity index (χ0n) is 11.0. The molecule has 1 saturated heterocycles. The van der Waals surface area contributed by atoms with E-state index in [2.05, 4.69) is 18.2 Å². The Labute approximate surface area is 100 Å². The van der Waals surface area contributed by atoms with E-state index in [9.17, 15) is 0 Å². The van der Waals surface area contributed by atoms with Gasteiger partial charge in [-0.3, -0.25) is 0 Å². The molecular formula is C11H26O4Si. The summed E-state index contributed by atoms with van der Waals surface area (Å²) in [5, 5.41) is 8.08. The van der Waals surface area contributed by atoms with Gasteiger partial charge in [0.15, 0.2) is 0 Å². The molecule has 1 heterocycles. The minimum Gasteiger partial charge on any atom is -0.395 e. The summed E-state index contributed by atoms with van der Waals surface area (Å²) in [5.74, 6) is 0. The van der Waals surface area contributed by atoms with Gasteiger partial charge in [-0.25, -0.2) is 0 Å². The average Bonchev–Trinajstić information content (AvgIpc) is 3.02. The van der Waals surface area contributed by atoms with Crippen LogP contribution >= 0.6 is 0 Å². The van der Waals surface area contributed by atoms with E-state index in [-0.39, 0.29) is 12.7 Å². The fourth-order valence-corrected chi connectivity index (χ4v) is 3.93. The normalized spacial score (nSPS) is 18.9. The minimum absolute atomic E-state index is 0.190. The van der Waals surface area contributed by atoms with E-state index >= 15 is 0 Å². The molecule has 0 aromatic heterocycles. The van der Waals surface area contributed by atoms with Gasteiger partial charge in [0.05, 0.1) is 13.2 Å². The Balaban J connectivity index is 0.000000368. The van der Waals surface area contributed by atoms with E-state index in [0.29, 0.717) is 0 Å². The van der Waals surface area contributed by atoms with Crippen LogP contribution < -0.4 is 0 Å². The monoisotopic (exact) mass is 250 g/mol. The second-order valence-electron chi connectivity index (χ2n) is 3.89. The van der Waals surface area contributed by atoms with Gasteiger partial charge >= 0.3 is 8.56 Å². The maximum atomic E-state index is 8.08. The Morgan fingerprint density at radius 3 is 1.94 bits per heavy atom. The molecule has 1 aliphatic heterocycles. The molecule has 98 valence electrons. The molecule has 1 N–H and O–H groups in total. The molecule has 0 aromatic rings. The van der Waals surface area contributed by atoms with Gasteiger partial charge in [0.2, 0.25) is 0 Å². The van der Waals surface area contributed by atoms with Gasteiger partial charge < -0.3 is 18.7 Å². The van der Waals surface area contributed by atoms with Crippen molar-refractivity contribution in [3.05, 3.63) is 0 Å². The van der Waals surface area contributed by atoms with Gasteiger partial charge in [-0.2, -0.15) is 0 Å². The van der Waals surface area contributed by atoms with Crippen LogP contribution in [0.2, 0.25) is 12.6 Å². The quantitative estimate of drug-likeness (QED) is 0.554. The van der Waals surface area contributed by atoms with Gasteiger partial charge in [0.1, 0.15) is 6.10 Å².